The van der Waals surface area contributed by atoms with Crippen molar-refractivity contribution >= 4 is 23.2 Å². The van der Waals surface area contributed by atoms with Gasteiger partial charge in [-0.05, 0) is 29.9 Å². The number of rotatable bonds is 5. The number of hydrogen-bond acceptors (Lipinski definition) is 3. The predicted molar refractivity (Wildman–Crippen MR) is 108 cm³/mol. The number of halogens is 4. The highest BCUT2D eigenvalue weighted by atomic mass is 35.5. The fraction of sp³-hybridized carbons (Fsp3) is 0.550. The molecule has 158 valence electrons. The minimum atomic E-state index is -4.64. The number of nitrogens with zero attached hydrogens (tertiary/aromatic N) is 1. The monoisotopic (exact) mass is 419 g/mol. The first-order valence-corrected chi connectivity index (χ1v) is 9.76. The van der Waals surface area contributed by atoms with Crippen LogP contribution in [0.3, 0.4) is 0 Å². The van der Waals surface area contributed by atoms with E-state index in [9.17, 15) is 18.0 Å². The van der Waals surface area contributed by atoms with E-state index in [-0.39, 0.29) is 11.1 Å². The molecule has 0 spiro atoms. The van der Waals surface area contributed by atoms with Crippen molar-refractivity contribution in [1.29, 1.82) is 0 Å². The Kier molecular flexibility index (Phi) is 8.82. The molecule has 0 aliphatic carbocycles. The van der Waals surface area contributed by atoms with Crippen molar-refractivity contribution in [3.05, 3.63) is 40.6 Å². The van der Waals surface area contributed by atoms with Crippen molar-refractivity contribution in [2.45, 2.75) is 59.2 Å². The van der Waals surface area contributed by atoms with Crippen LogP contribution in [0.15, 0.2) is 35.0 Å². The van der Waals surface area contributed by atoms with Gasteiger partial charge in [-0.25, -0.2) is 5.43 Å². The third kappa shape index (κ3) is 5.88. The molecule has 1 aromatic carbocycles. The second kappa shape index (κ2) is 10.2. The molecule has 1 aliphatic rings. The van der Waals surface area contributed by atoms with Gasteiger partial charge in [-0.3, -0.25) is 9.80 Å². The third-order valence-electron chi connectivity index (χ3n) is 4.26. The lowest BCUT2D eigenvalue weighted by atomic mass is 9.91. The number of carbonyl (C=O) groups excluding carboxylic acids is 1. The Morgan fingerprint density at radius 3 is 2.36 bits per heavy atom. The average Bonchev–Trinajstić information content (AvgIpc) is 2.92. The van der Waals surface area contributed by atoms with Crippen LogP contribution in [-0.4, -0.2) is 30.2 Å². The predicted octanol–water partition coefficient (Wildman–Crippen LogP) is 5.63. The van der Waals surface area contributed by atoms with Crippen LogP contribution in [0.2, 0.25) is 0 Å². The lowest BCUT2D eigenvalue weighted by Gasteiger charge is -2.21. The zero-order valence-corrected chi connectivity index (χ0v) is 17.9. The van der Waals surface area contributed by atoms with Crippen molar-refractivity contribution in [3.8, 4) is 0 Å². The van der Waals surface area contributed by atoms with Crippen LogP contribution in [0.25, 0.3) is 0 Å². The molecule has 28 heavy (non-hydrogen) atoms. The van der Waals surface area contributed by atoms with Gasteiger partial charge in [0.05, 0.1) is 5.57 Å². The minimum Gasteiger partial charge on any atom is -0.322 e. The molecule has 0 saturated carbocycles. The molecule has 1 aliphatic heterocycles. The van der Waals surface area contributed by atoms with E-state index in [2.05, 4.69) is 24.6 Å². The summed E-state index contributed by atoms with van der Waals surface area (Å²) in [5.74, 6) is -0.259. The zero-order valence-electron chi connectivity index (χ0n) is 17.1. The molecule has 2 atom stereocenters. The SMILES string of the molecule is CC.CC(C)CC(C)c1ccccc1NC(=O)C1=C(Cl)N(C)NC1C(F)(F)F. The largest absolute Gasteiger partial charge is 0.409 e. The van der Waals surface area contributed by atoms with Crippen LogP contribution < -0.4 is 10.7 Å². The molecule has 0 aromatic heterocycles. The third-order valence-corrected chi connectivity index (χ3v) is 4.72. The first-order chi connectivity index (χ1) is 13.0. The number of hydrazine groups is 1. The van der Waals surface area contributed by atoms with Gasteiger partial charge in [-0.2, -0.15) is 13.2 Å². The smallest absolute Gasteiger partial charge is 0.322 e. The van der Waals surface area contributed by atoms with Crippen molar-refractivity contribution in [1.82, 2.24) is 10.4 Å². The molecule has 2 rings (SSSR count). The molecule has 1 aromatic rings. The number of carbonyl (C=O) groups is 1. The van der Waals surface area contributed by atoms with Gasteiger partial charge in [0.2, 0.25) is 0 Å². The van der Waals surface area contributed by atoms with Crippen molar-refractivity contribution < 1.29 is 18.0 Å². The van der Waals surface area contributed by atoms with Gasteiger partial charge in [0.1, 0.15) is 5.16 Å². The normalized spacial score (nSPS) is 18.1. The molecule has 1 heterocycles. The first kappa shape index (κ1) is 24.3. The number of anilines is 1. The second-order valence-electron chi connectivity index (χ2n) is 6.94. The van der Waals surface area contributed by atoms with E-state index in [1.54, 1.807) is 12.1 Å². The van der Waals surface area contributed by atoms with Crippen LogP contribution in [0.4, 0.5) is 18.9 Å². The molecule has 0 radical (unpaired) electrons. The highest BCUT2D eigenvalue weighted by Gasteiger charge is 2.50. The molecular formula is C20H29ClF3N3O. The number of amides is 1. The van der Waals surface area contributed by atoms with Gasteiger partial charge in [0.15, 0.2) is 6.04 Å². The molecule has 8 heteroatoms. The first-order valence-electron chi connectivity index (χ1n) is 9.39. The Balaban J connectivity index is 0.00000190. The summed E-state index contributed by atoms with van der Waals surface area (Å²) in [6.45, 7) is 10.2. The number of benzene rings is 1. The molecule has 1 amide bonds. The van der Waals surface area contributed by atoms with Crippen LogP contribution >= 0.6 is 11.6 Å². The van der Waals surface area contributed by atoms with Gasteiger partial charge >= 0.3 is 6.18 Å². The van der Waals surface area contributed by atoms with E-state index in [0.717, 1.165) is 17.0 Å². The Hall–Kier alpha value is -1.73. The minimum absolute atomic E-state index is 0.152. The standard InChI is InChI=1S/C18H23ClF3N3O.C2H6/c1-10(2)9-11(3)12-7-5-6-8-13(12)23-17(26)14-15(18(20,21)22)24-25(4)16(14)19;1-2/h5-8,10-11,15,24H,9H2,1-4H3,(H,23,26);1-2H3. The van der Waals surface area contributed by atoms with E-state index < -0.39 is 23.7 Å². The Bertz CT molecular complexity index is 704. The molecule has 0 bridgehead atoms. The molecule has 4 nitrogen and oxygen atoms in total. The van der Waals surface area contributed by atoms with Gasteiger partial charge in [-0.15, -0.1) is 0 Å². The van der Waals surface area contributed by atoms with Crippen LogP contribution in [0.5, 0.6) is 0 Å². The van der Waals surface area contributed by atoms with Gasteiger partial charge in [0.25, 0.3) is 5.91 Å². The maximum absolute atomic E-state index is 13.2. The van der Waals surface area contributed by atoms with Crippen molar-refractivity contribution in [2.75, 3.05) is 12.4 Å². The number of alkyl halides is 3. The molecule has 2 N–H and O–H groups in total. The van der Waals surface area contributed by atoms with Gasteiger partial charge in [-0.1, -0.05) is 64.4 Å². The number of para-hydroxylation sites is 1. The topological polar surface area (TPSA) is 44.4 Å². The lowest BCUT2D eigenvalue weighted by Crippen LogP contribution is -2.46. The molecule has 0 fully saturated rings. The van der Waals surface area contributed by atoms with E-state index in [1.165, 1.54) is 7.05 Å². The Morgan fingerprint density at radius 1 is 1.25 bits per heavy atom. The highest BCUT2D eigenvalue weighted by molar-refractivity contribution is 6.32. The highest BCUT2D eigenvalue weighted by Crippen LogP contribution is 2.35. The van der Waals surface area contributed by atoms with Gasteiger partial charge in [0, 0.05) is 12.7 Å². The van der Waals surface area contributed by atoms with E-state index in [1.807, 2.05) is 32.9 Å². The maximum Gasteiger partial charge on any atom is 0.409 e. The summed E-state index contributed by atoms with van der Waals surface area (Å²) in [7, 11) is 1.33. The summed E-state index contributed by atoms with van der Waals surface area (Å²) in [6, 6.07) is 5.00. The fourth-order valence-electron chi connectivity index (χ4n) is 3.14. The van der Waals surface area contributed by atoms with Crippen molar-refractivity contribution in [3.63, 3.8) is 0 Å². The number of hydrogen-bond donors (Lipinski definition) is 2. The molecule has 0 saturated heterocycles. The van der Waals surface area contributed by atoms with Crippen LogP contribution in [0, 0.1) is 5.92 Å². The summed E-state index contributed by atoms with van der Waals surface area (Å²) in [6.07, 6.45) is -3.74. The summed E-state index contributed by atoms with van der Waals surface area (Å²) in [4.78, 5) is 12.6. The zero-order chi connectivity index (χ0) is 21.6. The van der Waals surface area contributed by atoms with E-state index in [0.29, 0.717) is 11.6 Å². The van der Waals surface area contributed by atoms with E-state index in [4.69, 9.17) is 11.6 Å². The van der Waals surface area contributed by atoms with E-state index >= 15 is 0 Å². The van der Waals surface area contributed by atoms with Gasteiger partial charge < -0.3 is 5.32 Å². The summed E-state index contributed by atoms with van der Waals surface area (Å²) in [5, 5.41) is 3.35. The summed E-state index contributed by atoms with van der Waals surface area (Å²) in [5.41, 5.74) is 3.01. The fourth-order valence-corrected chi connectivity index (χ4v) is 3.38. The molecular weight excluding hydrogens is 391 g/mol. The van der Waals surface area contributed by atoms with Crippen LogP contribution in [-0.2, 0) is 4.79 Å². The quantitative estimate of drug-likeness (QED) is 0.607. The Labute approximate surface area is 170 Å². The molecule has 2 unspecified atom stereocenters. The summed E-state index contributed by atoms with van der Waals surface area (Å²) < 4.78 is 39.7. The Morgan fingerprint density at radius 2 is 1.82 bits per heavy atom. The van der Waals surface area contributed by atoms with Crippen molar-refractivity contribution in [2.24, 2.45) is 5.92 Å². The van der Waals surface area contributed by atoms with Crippen LogP contribution in [0.1, 0.15) is 52.5 Å². The summed E-state index contributed by atoms with van der Waals surface area (Å²) >= 11 is 5.94. The second-order valence-corrected chi connectivity index (χ2v) is 7.30. The lowest BCUT2D eigenvalue weighted by molar-refractivity contribution is -0.153. The average molecular weight is 420 g/mol. The maximum atomic E-state index is 13.2. The number of nitrogens with one attached hydrogen (secondary N) is 2.